The Balaban J connectivity index is 1.71. The Morgan fingerprint density at radius 1 is 1.25 bits per heavy atom. The Hall–Kier alpha value is -2.04. The lowest BCUT2D eigenvalue weighted by Crippen LogP contribution is -2.29. The molecule has 20 heavy (non-hydrogen) atoms. The Morgan fingerprint density at radius 2 is 2.05 bits per heavy atom. The summed E-state index contributed by atoms with van der Waals surface area (Å²) in [4.78, 5) is 23.3. The molecule has 3 rings (SSSR count). The molecule has 0 unspecified atom stereocenters. The van der Waals surface area contributed by atoms with Crippen LogP contribution in [-0.4, -0.2) is 23.6 Å². The van der Waals surface area contributed by atoms with Crippen LogP contribution >= 0.6 is 0 Å². The van der Waals surface area contributed by atoms with E-state index in [1.54, 1.807) is 6.07 Å². The molecule has 0 spiro atoms. The van der Waals surface area contributed by atoms with Crippen LogP contribution < -0.4 is 10.1 Å². The lowest BCUT2D eigenvalue weighted by atomic mass is 9.95. The number of aliphatic carboxylic acids is 1. The largest absolute Gasteiger partial charge is 0.493 e. The van der Waals surface area contributed by atoms with Crippen LogP contribution in [0, 0.1) is 11.8 Å². The predicted molar refractivity (Wildman–Crippen MR) is 72.7 cm³/mol. The summed E-state index contributed by atoms with van der Waals surface area (Å²) in [5.41, 5.74) is 1.80. The van der Waals surface area contributed by atoms with Gasteiger partial charge in [-0.05, 0) is 36.6 Å². The predicted octanol–water partition coefficient (Wildman–Crippen LogP) is 2.06. The lowest BCUT2D eigenvalue weighted by Gasteiger charge is -2.15. The van der Waals surface area contributed by atoms with E-state index in [2.05, 4.69) is 5.32 Å². The van der Waals surface area contributed by atoms with Gasteiger partial charge in [-0.25, -0.2) is 0 Å². The highest BCUT2D eigenvalue weighted by atomic mass is 16.5. The second-order valence-corrected chi connectivity index (χ2v) is 5.39. The highest BCUT2D eigenvalue weighted by Crippen LogP contribution is 2.33. The van der Waals surface area contributed by atoms with Crippen molar-refractivity contribution in [3.05, 3.63) is 23.8 Å². The molecule has 1 aliphatic carbocycles. The number of fused-ring (bicyclic) bond motifs is 1. The number of rotatable bonds is 3. The summed E-state index contributed by atoms with van der Waals surface area (Å²) < 4.78 is 5.42. The molecule has 1 heterocycles. The van der Waals surface area contributed by atoms with Crippen LogP contribution in [0.15, 0.2) is 18.2 Å². The molecule has 2 atom stereocenters. The van der Waals surface area contributed by atoms with Crippen molar-refractivity contribution in [2.75, 3.05) is 11.9 Å². The van der Waals surface area contributed by atoms with Gasteiger partial charge in [-0.2, -0.15) is 0 Å². The first-order chi connectivity index (χ1) is 9.65. The second-order valence-electron chi connectivity index (χ2n) is 5.39. The summed E-state index contributed by atoms with van der Waals surface area (Å²) in [5.74, 6) is -1.16. The zero-order valence-electron chi connectivity index (χ0n) is 11.1. The molecule has 2 N–H and O–H groups in total. The van der Waals surface area contributed by atoms with Crippen molar-refractivity contribution in [2.45, 2.75) is 25.7 Å². The van der Waals surface area contributed by atoms with Gasteiger partial charge in [0.2, 0.25) is 5.91 Å². The molecular formula is C15H17NO4. The van der Waals surface area contributed by atoms with Crippen LogP contribution in [0.4, 0.5) is 5.69 Å². The topological polar surface area (TPSA) is 75.6 Å². The second kappa shape index (κ2) is 5.15. The number of carbonyl (C=O) groups excluding carboxylic acids is 1. The zero-order chi connectivity index (χ0) is 14.1. The Morgan fingerprint density at radius 3 is 2.85 bits per heavy atom. The number of carbonyl (C=O) groups is 2. The van der Waals surface area contributed by atoms with E-state index in [1.807, 2.05) is 12.1 Å². The van der Waals surface area contributed by atoms with Gasteiger partial charge in [-0.1, -0.05) is 6.42 Å². The number of amides is 1. The highest BCUT2D eigenvalue weighted by Gasteiger charge is 2.37. The van der Waals surface area contributed by atoms with Crippen LogP contribution in [-0.2, 0) is 16.0 Å². The van der Waals surface area contributed by atoms with E-state index < -0.39 is 17.8 Å². The van der Waals surface area contributed by atoms with E-state index >= 15 is 0 Å². The monoisotopic (exact) mass is 275 g/mol. The first kappa shape index (κ1) is 13.0. The summed E-state index contributed by atoms with van der Waals surface area (Å²) >= 11 is 0. The van der Waals surface area contributed by atoms with Crippen molar-refractivity contribution < 1.29 is 19.4 Å². The fraction of sp³-hybridized carbons (Fsp3) is 0.467. The first-order valence-electron chi connectivity index (χ1n) is 6.94. The summed E-state index contributed by atoms with van der Waals surface area (Å²) in [6, 6.07) is 5.55. The molecule has 0 radical (unpaired) electrons. The van der Waals surface area contributed by atoms with Crippen molar-refractivity contribution >= 4 is 17.6 Å². The first-order valence-corrected chi connectivity index (χ1v) is 6.94. The van der Waals surface area contributed by atoms with Gasteiger partial charge < -0.3 is 15.2 Å². The van der Waals surface area contributed by atoms with Crippen molar-refractivity contribution in [3.8, 4) is 5.75 Å². The molecule has 1 amide bonds. The van der Waals surface area contributed by atoms with E-state index in [4.69, 9.17) is 9.84 Å². The van der Waals surface area contributed by atoms with E-state index in [-0.39, 0.29) is 5.91 Å². The molecule has 2 aliphatic rings. The molecule has 106 valence electrons. The van der Waals surface area contributed by atoms with E-state index in [9.17, 15) is 9.59 Å². The average molecular weight is 275 g/mol. The molecule has 0 bridgehead atoms. The lowest BCUT2D eigenvalue weighted by molar-refractivity contribution is -0.145. The van der Waals surface area contributed by atoms with Crippen LogP contribution in [0.5, 0.6) is 5.75 Å². The van der Waals surface area contributed by atoms with Crippen molar-refractivity contribution in [3.63, 3.8) is 0 Å². The number of ether oxygens (including phenoxy) is 1. The fourth-order valence-corrected chi connectivity index (χ4v) is 3.07. The number of nitrogens with one attached hydrogen (secondary N) is 1. The fourth-order valence-electron chi connectivity index (χ4n) is 3.07. The number of hydrogen-bond acceptors (Lipinski definition) is 3. The molecular weight excluding hydrogens is 258 g/mol. The molecule has 5 heteroatoms. The molecule has 1 aliphatic heterocycles. The van der Waals surface area contributed by atoms with Crippen LogP contribution in [0.3, 0.4) is 0 Å². The van der Waals surface area contributed by atoms with Gasteiger partial charge in [0.25, 0.3) is 0 Å². The molecule has 1 aromatic carbocycles. The van der Waals surface area contributed by atoms with Gasteiger partial charge >= 0.3 is 5.97 Å². The number of carboxylic acid groups (broad SMARTS) is 1. The third-order valence-electron chi connectivity index (χ3n) is 4.13. The maximum absolute atomic E-state index is 12.2. The zero-order valence-corrected chi connectivity index (χ0v) is 11.1. The Labute approximate surface area is 116 Å². The van der Waals surface area contributed by atoms with Gasteiger partial charge in [-0.15, -0.1) is 0 Å². The molecule has 5 nitrogen and oxygen atoms in total. The van der Waals surface area contributed by atoms with Gasteiger partial charge in [0.1, 0.15) is 5.75 Å². The maximum atomic E-state index is 12.2. The van der Waals surface area contributed by atoms with Gasteiger partial charge in [0, 0.05) is 12.1 Å². The number of anilines is 1. The normalized spacial score (nSPS) is 24.0. The third kappa shape index (κ3) is 2.35. The van der Waals surface area contributed by atoms with Gasteiger partial charge in [0.05, 0.1) is 18.4 Å². The minimum Gasteiger partial charge on any atom is -0.493 e. The van der Waals surface area contributed by atoms with Crippen molar-refractivity contribution in [1.29, 1.82) is 0 Å². The number of benzene rings is 1. The average Bonchev–Trinajstić information content (AvgIpc) is 3.06. The molecule has 0 aromatic heterocycles. The smallest absolute Gasteiger partial charge is 0.307 e. The van der Waals surface area contributed by atoms with E-state index in [1.165, 1.54) is 0 Å². The number of hydrogen-bond donors (Lipinski definition) is 2. The molecule has 1 saturated carbocycles. The SMILES string of the molecule is O=C(O)[C@H]1CCC[C@H]1C(=O)Nc1ccc2c(c1)CCO2. The molecule has 1 fully saturated rings. The summed E-state index contributed by atoms with van der Waals surface area (Å²) in [7, 11) is 0. The van der Waals surface area contributed by atoms with Crippen LogP contribution in [0.1, 0.15) is 24.8 Å². The van der Waals surface area contributed by atoms with Crippen molar-refractivity contribution in [2.24, 2.45) is 11.8 Å². The van der Waals surface area contributed by atoms with E-state index in [0.717, 1.165) is 29.8 Å². The molecule has 0 saturated heterocycles. The maximum Gasteiger partial charge on any atom is 0.307 e. The van der Waals surface area contributed by atoms with Crippen molar-refractivity contribution in [1.82, 2.24) is 0 Å². The summed E-state index contributed by atoms with van der Waals surface area (Å²) in [6.45, 7) is 0.677. The minimum absolute atomic E-state index is 0.186. The third-order valence-corrected chi connectivity index (χ3v) is 4.13. The van der Waals surface area contributed by atoms with E-state index in [0.29, 0.717) is 19.4 Å². The Kier molecular flexibility index (Phi) is 3.34. The quantitative estimate of drug-likeness (QED) is 0.885. The van der Waals surface area contributed by atoms with Gasteiger partial charge in [0.15, 0.2) is 0 Å². The molecule has 1 aromatic rings. The van der Waals surface area contributed by atoms with Gasteiger partial charge in [-0.3, -0.25) is 9.59 Å². The minimum atomic E-state index is -0.870. The number of carboxylic acids is 1. The van der Waals surface area contributed by atoms with Crippen LogP contribution in [0.2, 0.25) is 0 Å². The summed E-state index contributed by atoms with van der Waals surface area (Å²) in [5, 5.41) is 12.0. The highest BCUT2D eigenvalue weighted by molar-refractivity contribution is 5.95. The Bertz CT molecular complexity index is 555. The standard InChI is InChI=1S/C15H17NO4/c17-14(11-2-1-3-12(11)15(18)19)16-10-4-5-13-9(8-10)6-7-20-13/h4-5,8,11-12H,1-3,6-7H2,(H,16,17)(H,18,19)/t11-,12+/m1/s1. The summed E-state index contributed by atoms with van der Waals surface area (Å²) in [6.07, 6.45) is 2.88. The van der Waals surface area contributed by atoms with Crippen LogP contribution in [0.25, 0.3) is 0 Å².